The molecule has 2 N–H and O–H groups in total. The van der Waals surface area contributed by atoms with E-state index in [9.17, 15) is 0 Å². The van der Waals surface area contributed by atoms with Gasteiger partial charge in [0.15, 0.2) is 5.96 Å². The molecule has 0 fully saturated rings. The van der Waals surface area contributed by atoms with E-state index in [4.69, 9.17) is 9.47 Å². The number of aliphatic imine (C=N–C) groups is 1. The maximum absolute atomic E-state index is 5.63. The summed E-state index contributed by atoms with van der Waals surface area (Å²) in [5.41, 5.74) is 1.15. The Morgan fingerprint density at radius 3 is 2.50 bits per heavy atom. The van der Waals surface area contributed by atoms with E-state index in [1.807, 2.05) is 18.2 Å². The molecular formula is C20H36N4O2. The molecule has 1 rings (SSSR count). The minimum atomic E-state index is 0.173. The van der Waals surface area contributed by atoms with Gasteiger partial charge in [0.25, 0.3) is 0 Å². The van der Waals surface area contributed by atoms with Gasteiger partial charge in [-0.05, 0) is 32.5 Å². The number of benzene rings is 1. The van der Waals surface area contributed by atoms with Crippen LogP contribution in [0.1, 0.15) is 31.9 Å². The Morgan fingerprint density at radius 2 is 1.88 bits per heavy atom. The van der Waals surface area contributed by atoms with Crippen LogP contribution in [0, 0.1) is 5.92 Å². The molecular weight excluding hydrogens is 328 g/mol. The van der Waals surface area contributed by atoms with Gasteiger partial charge in [-0.15, -0.1) is 0 Å². The van der Waals surface area contributed by atoms with Crippen LogP contribution < -0.4 is 15.4 Å². The quantitative estimate of drug-likeness (QED) is 0.359. The van der Waals surface area contributed by atoms with Gasteiger partial charge in [0.2, 0.25) is 0 Å². The lowest BCUT2D eigenvalue weighted by atomic mass is 10.0. The number of nitrogens with zero attached hydrogens (tertiary/aromatic N) is 2. The monoisotopic (exact) mass is 364 g/mol. The molecule has 0 aromatic heterocycles. The van der Waals surface area contributed by atoms with Crippen molar-refractivity contribution in [1.29, 1.82) is 0 Å². The van der Waals surface area contributed by atoms with Gasteiger partial charge in [-0.25, -0.2) is 0 Å². The molecule has 0 heterocycles. The van der Waals surface area contributed by atoms with E-state index in [-0.39, 0.29) is 6.04 Å². The molecule has 0 aliphatic heterocycles. The first-order valence-electron chi connectivity index (χ1n) is 9.31. The molecule has 0 aliphatic carbocycles. The zero-order valence-electron chi connectivity index (χ0n) is 17.2. The zero-order valence-corrected chi connectivity index (χ0v) is 17.2. The predicted molar refractivity (Wildman–Crippen MR) is 109 cm³/mol. The molecule has 0 aliphatic rings. The highest BCUT2D eigenvalue weighted by Gasteiger charge is 2.18. The van der Waals surface area contributed by atoms with Crippen molar-refractivity contribution in [3.8, 4) is 5.75 Å². The van der Waals surface area contributed by atoms with Crippen molar-refractivity contribution in [2.75, 3.05) is 54.6 Å². The summed E-state index contributed by atoms with van der Waals surface area (Å²) in [5, 5.41) is 6.69. The van der Waals surface area contributed by atoms with Crippen LogP contribution in [-0.4, -0.2) is 65.4 Å². The Hall–Kier alpha value is -1.79. The first-order chi connectivity index (χ1) is 12.5. The van der Waals surface area contributed by atoms with E-state index in [1.165, 1.54) is 0 Å². The smallest absolute Gasteiger partial charge is 0.191 e. The van der Waals surface area contributed by atoms with E-state index in [1.54, 1.807) is 14.2 Å². The van der Waals surface area contributed by atoms with Crippen molar-refractivity contribution < 1.29 is 9.47 Å². The average Bonchev–Trinajstić information content (AvgIpc) is 2.62. The van der Waals surface area contributed by atoms with E-state index < -0.39 is 0 Å². The first kappa shape index (κ1) is 22.3. The van der Waals surface area contributed by atoms with Gasteiger partial charge in [-0.2, -0.15) is 0 Å². The third-order valence-electron chi connectivity index (χ3n) is 4.19. The molecule has 0 radical (unpaired) electrons. The van der Waals surface area contributed by atoms with Crippen molar-refractivity contribution in [1.82, 2.24) is 15.5 Å². The lowest BCUT2D eigenvalue weighted by Crippen LogP contribution is -2.42. The maximum atomic E-state index is 5.63. The van der Waals surface area contributed by atoms with Crippen molar-refractivity contribution in [2.24, 2.45) is 10.9 Å². The van der Waals surface area contributed by atoms with Gasteiger partial charge in [0.05, 0.1) is 19.8 Å². The van der Waals surface area contributed by atoms with Crippen LogP contribution >= 0.6 is 0 Å². The highest BCUT2D eigenvalue weighted by molar-refractivity contribution is 5.79. The summed E-state index contributed by atoms with van der Waals surface area (Å²) in [7, 11) is 7.62. The Bertz CT molecular complexity index is 532. The molecule has 1 aromatic carbocycles. The molecule has 6 heteroatoms. The zero-order chi connectivity index (χ0) is 19.4. The molecule has 26 heavy (non-hydrogen) atoms. The van der Waals surface area contributed by atoms with Crippen molar-refractivity contribution in [2.45, 2.75) is 26.3 Å². The second-order valence-electron chi connectivity index (χ2n) is 6.90. The highest BCUT2D eigenvalue weighted by Crippen LogP contribution is 2.27. The Labute approximate surface area is 159 Å². The maximum Gasteiger partial charge on any atom is 0.191 e. The SMILES string of the molecule is CN=C(NCCOCCC(C)C)NCC(c1ccccc1OC)N(C)C. The number of hydrogen-bond acceptors (Lipinski definition) is 4. The summed E-state index contributed by atoms with van der Waals surface area (Å²) in [6, 6.07) is 8.29. The number of nitrogens with one attached hydrogen (secondary N) is 2. The average molecular weight is 365 g/mol. The largest absolute Gasteiger partial charge is 0.496 e. The van der Waals surface area contributed by atoms with Crippen molar-refractivity contribution in [3.63, 3.8) is 0 Å². The summed E-state index contributed by atoms with van der Waals surface area (Å²) >= 11 is 0. The van der Waals surface area contributed by atoms with Crippen LogP contribution in [0.25, 0.3) is 0 Å². The third-order valence-corrected chi connectivity index (χ3v) is 4.19. The fourth-order valence-corrected chi connectivity index (χ4v) is 2.59. The predicted octanol–water partition coefficient (Wildman–Crippen LogP) is 2.53. The van der Waals surface area contributed by atoms with Gasteiger partial charge in [-0.3, -0.25) is 4.99 Å². The number of guanidine groups is 1. The minimum absolute atomic E-state index is 0.173. The summed E-state index contributed by atoms with van der Waals surface area (Å²) in [6.45, 7) is 7.35. The Balaban J connectivity index is 2.49. The van der Waals surface area contributed by atoms with Gasteiger partial charge in [0.1, 0.15) is 5.75 Å². The van der Waals surface area contributed by atoms with Gasteiger partial charge < -0.3 is 25.0 Å². The van der Waals surface area contributed by atoms with E-state index in [0.29, 0.717) is 12.5 Å². The number of rotatable bonds is 11. The van der Waals surface area contributed by atoms with Crippen LogP contribution in [0.15, 0.2) is 29.3 Å². The molecule has 0 amide bonds. The summed E-state index contributed by atoms with van der Waals surface area (Å²) in [6.07, 6.45) is 1.09. The molecule has 1 unspecified atom stereocenters. The standard InChI is InChI=1S/C20H36N4O2/c1-16(2)11-13-26-14-12-22-20(21-3)23-15-18(24(4)5)17-9-7-8-10-19(17)25-6/h7-10,16,18H,11-15H2,1-6H3,(H2,21,22,23). The second-order valence-corrected chi connectivity index (χ2v) is 6.90. The molecule has 0 saturated heterocycles. The van der Waals surface area contributed by atoms with Crippen LogP contribution in [0.2, 0.25) is 0 Å². The van der Waals surface area contributed by atoms with Gasteiger partial charge in [0, 0.05) is 32.3 Å². The fourth-order valence-electron chi connectivity index (χ4n) is 2.59. The molecule has 0 saturated carbocycles. The Morgan fingerprint density at radius 1 is 1.15 bits per heavy atom. The second kappa shape index (κ2) is 12.5. The molecule has 1 atom stereocenters. The normalized spacial score (nSPS) is 13.2. The summed E-state index contributed by atoms with van der Waals surface area (Å²) in [4.78, 5) is 6.46. The van der Waals surface area contributed by atoms with Crippen LogP contribution in [-0.2, 0) is 4.74 Å². The number of ether oxygens (including phenoxy) is 2. The number of hydrogen-bond donors (Lipinski definition) is 2. The minimum Gasteiger partial charge on any atom is -0.496 e. The number of methoxy groups -OCH3 is 1. The molecule has 0 bridgehead atoms. The highest BCUT2D eigenvalue weighted by atomic mass is 16.5. The number of likely N-dealkylation sites (N-methyl/N-ethyl adjacent to an activating group) is 1. The van der Waals surface area contributed by atoms with Gasteiger partial charge in [-0.1, -0.05) is 32.0 Å². The first-order valence-corrected chi connectivity index (χ1v) is 9.31. The van der Waals surface area contributed by atoms with Gasteiger partial charge >= 0.3 is 0 Å². The van der Waals surface area contributed by atoms with Crippen molar-refractivity contribution in [3.05, 3.63) is 29.8 Å². The summed E-state index contributed by atoms with van der Waals surface area (Å²) in [5.74, 6) is 2.35. The Kier molecular flexibility index (Phi) is 10.7. The van der Waals surface area contributed by atoms with Crippen LogP contribution in [0.3, 0.4) is 0 Å². The molecule has 6 nitrogen and oxygen atoms in total. The van der Waals surface area contributed by atoms with E-state index in [0.717, 1.165) is 43.4 Å². The molecule has 0 spiro atoms. The third kappa shape index (κ3) is 8.06. The lowest BCUT2D eigenvalue weighted by Gasteiger charge is -2.27. The van der Waals surface area contributed by atoms with E-state index >= 15 is 0 Å². The van der Waals surface area contributed by atoms with Crippen LogP contribution in [0.4, 0.5) is 0 Å². The molecule has 148 valence electrons. The van der Waals surface area contributed by atoms with Crippen LogP contribution in [0.5, 0.6) is 5.75 Å². The lowest BCUT2D eigenvalue weighted by molar-refractivity contribution is 0.128. The molecule has 1 aromatic rings. The fraction of sp³-hybridized carbons (Fsp3) is 0.650. The topological polar surface area (TPSA) is 58.1 Å². The summed E-state index contributed by atoms with van der Waals surface area (Å²) < 4.78 is 11.1. The van der Waals surface area contributed by atoms with Crippen molar-refractivity contribution >= 4 is 5.96 Å². The number of para-hydroxylation sites is 1. The van der Waals surface area contributed by atoms with E-state index in [2.05, 4.69) is 54.5 Å².